The SMILES string of the molecule is CC(C)CCCC(NN)C1(N2CCCCC2)CCCC1. The fourth-order valence-corrected chi connectivity index (χ4v) is 4.45. The van der Waals surface area contributed by atoms with Gasteiger partial charge in [-0.05, 0) is 51.1 Å². The van der Waals surface area contributed by atoms with E-state index in [0.717, 1.165) is 5.92 Å². The molecule has 0 aromatic rings. The second-order valence-electron chi connectivity index (χ2n) is 7.40. The lowest BCUT2D eigenvalue weighted by Gasteiger charge is -2.48. The fraction of sp³-hybridized carbons (Fsp3) is 1.00. The predicted molar refractivity (Wildman–Crippen MR) is 86.4 cm³/mol. The minimum Gasteiger partial charge on any atom is -0.296 e. The molecule has 2 aliphatic rings. The van der Waals surface area contributed by atoms with Gasteiger partial charge in [-0.25, -0.2) is 0 Å². The molecule has 3 heteroatoms. The second kappa shape index (κ2) is 7.77. The van der Waals surface area contributed by atoms with E-state index in [0.29, 0.717) is 11.6 Å². The van der Waals surface area contributed by atoms with Gasteiger partial charge < -0.3 is 0 Å². The average molecular weight is 281 g/mol. The van der Waals surface area contributed by atoms with Crippen LogP contribution < -0.4 is 11.3 Å². The smallest absolute Gasteiger partial charge is 0.0394 e. The van der Waals surface area contributed by atoms with Gasteiger partial charge in [0.25, 0.3) is 0 Å². The molecule has 20 heavy (non-hydrogen) atoms. The maximum absolute atomic E-state index is 5.98. The van der Waals surface area contributed by atoms with Crippen LogP contribution in [0, 0.1) is 5.92 Å². The molecule has 3 N–H and O–H groups in total. The highest BCUT2D eigenvalue weighted by molar-refractivity contribution is 5.03. The number of nitrogens with one attached hydrogen (secondary N) is 1. The summed E-state index contributed by atoms with van der Waals surface area (Å²) in [5, 5.41) is 0. The maximum Gasteiger partial charge on any atom is 0.0394 e. The third-order valence-electron chi connectivity index (χ3n) is 5.58. The van der Waals surface area contributed by atoms with Gasteiger partial charge in [-0.15, -0.1) is 0 Å². The van der Waals surface area contributed by atoms with Crippen molar-refractivity contribution in [2.75, 3.05) is 13.1 Å². The van der Waals surface area contributed by atoms with Crippen LogP contribution in [0.25, 0.3) is 0 Å². The summed E-state index contributed by atoms with van der Waals surface area (Å²) in [5.41, 5.74) is 3.58. The topological polar surface area (TPSA) is 41.3 Å². The lowest BCUT2D eigenvalue weighted by molar-refractivity contribution is 0.0329. The van der Waals surface area contributed by atoms with Crippen molar-refractivity contribution in [3.8, 4) is 0 Å². The van der Waals surface area contributed by atoms with Gasteiger partial charge in [0.15, 0.2) is 0 Å². The number of piperidine rings is 1. The highest BCUT2D eigenvalue weighted by atomic mass is 15.3. The van der Waals surface area contributed by atoms with Crippen LogP contribution in [0.2, 0.25) is 0 Å². The summed E-state index contributed by atoms with van der Waals surface area (Å²) in [5.74, 6) is 6.79. The van der Waals surface area contributed by atoms with Gasteiger partial charge in [0.05, 0.1) is 0 Å². The van der Waals surface area contributed by atoms with Crippen molar-refractivity contribution in [3.05, 3.63) is 0 Å². The van der Waals surface area contributed by atoms with Crippen LogP contribution in [0.5, 0.6) is 0 Å². The summed E-state index contributed by atoms with van der Waals surface area (Å²) in [4.78, 5) is 2.80. The zero-order valence-corrected chi connectivity index (χ0v) is 13.7. The Morgan fingerprint density at radius 3 is 2.20 bits per heavy atom. The van der Waals surface area contributed by atoms with E-state index in [1.54, 1.807) is 0 Å². The second-order valence-corrected chi connectivity index (χ2v) is 7.40. The first-order valence-electron chi connectivity index (χ1n) is 8.90. The molecule has 1 atom stereocenters. The first-order valence-corrected chi connectivity index (χ1v) is 8.90. The molecule has 0 bridgehead atoms. The lowest BCUT2D eigenvalue weighted by Crippen LogP contribution is -2.62. The van der Waals surface area contributed by atoms with Crippen LogP contribution in [0.1, 0.15) is 78.1 Å². The zero-order chi connectivity index (χ0) is 14.4. The van der Waals surface area contributed by atoms with Crippen LogP contribution in [0.15, 0.2) is 0 Å². The Morgan fingerprint density at radius 1 is 1.00 bits per heavy atom. The molecule has 0 aromatic heterocycles. The molecule has 0 spiro atoms. The quantitative estimate of drug-likeness (QED) is 0.555. The number of hydrazine groups is 1. The van der Waals surface area contributed by atoms with Crippen molar-refractivity contribution in [3.63, 3.8) is 0 Å². The molecule has 1 aliphatic heterocycles. The summed E-state index contributed by atoms with van der Waals surface area (Å²) in [7, 11) is 0. The number of nitrogens with zero attached hydrogens (tertiary/aromatic N) is 1. The first kappa shape index (κ1) is 16.3. The van der Waals surface area contributed by atoms with Crippen molar-refractivity contribution in [1.82, 2.24) is 10.3 Å². The van der Waals surface area contributed by atoms with Gasteiger partial charge in [0.2, 0.25) is 0 Å². The Labute approximate surface area is 125 Å². The van der Waals surface area contributed by atoms with E-state index in [2.05, 4.69) is 24.2 Å². The fourth-order valence-electron chi connectivity index (χ4n) is 4.45. The van der Waals surface area contributed by atoms with Crippen LogP contribution in [-0.2, 0) is 0 Å². The van der Waals surface area contributed by atoms with E-state index < -0.39 is 0 Å². The third-order valence-corrected chi connectivity index (χ3v) is 5.58. The molecular formula is C17H35N3. The molecule has 0 radical (unpaired) electrons. The summed E-state index contributed by atoms with van der Waals surface area (Å²) >= 11 is 0. The molecule has 1 saturated carbocycles. The van der Waals surface area contributed by atoms with Gasteiger partial charge in [-0.2, -0.15) is 0 Å². The normalized spacial score (nSPS) is 25.2. The molecule has 118 valence electrons. The third kappa shape index (κ3) is 3.75. The number of hydrogen-bond acceptors (Lipinski definition) is 3. The standard InChI is InChI=1S/C17H35N3/c1-15(2)9-8-10-16(19-18)17(11-4-5-12-17)20-13-6-3-7-14-20/h15-16,19H,3-14,18H2,1-2H3. The number of nitrogens with two attached hydrogens (primary N) is 1. The largest absolute Gasteiger partial charge is 0.296 e. The highest BCUT2D eigenvalue weighted by Gasteiger charge is 2.45. The van der Waals surface area contributed by atoms with Crippen molar-refractivity contribution >= 4 is 0 Å². The first-order chi connectivity index (χ1) is 9.69. The molecule has 1 unspecified atom stereocenters. The molecule has 3 nitrogen and oxygen atoms in total. The lowest BCUT2D eigenvalue weighted by atomic mass is 9.82. The minimum atomic E-state index is 0.367. The minimum absolute atomic E-state index is 0.367. The maximum atomic E-state index is 5.98. The van der Waals surface area contributed by atoms with E-state index in [1.165, 1.54) is 77.3 Å². The van der Waals surface area contributed by atoms with Crippen LogP contribution in [0.3, 0.4) is 0 Å². The van der Waals surface area contributed by atoms with E-state index in [9.17, 15) is 0 Å². The van der Waals surface area contributed by atoms with Crippen molar-refractivity contribution < 1.29 is 0 Å². The Kier molecular flexibility index (Phi) is 6.31. The summed E-state index contributed by atoms with van der Waals surface area (Å²) in [6.07, 6.45) is 13.5. The molecule has 1 heterocycles. The highest BCUT2D eigenvalue weighted by Crippen LogP contribution is 2.40. The Hall–Kier alpha value is -0.120. The van der Waals surface area contributed by atoms with Gasteiger partial charge >= 0.3 is 0 Å². The molecule has 1 saturated heterocycles. The van der Waals surface area contributed by atoms with Crippen LogP contribution in [0.4, 0.5) is 0 Å². The predicted octanol–water partition coefficient (Wildman–Crippen LogP) is 3.44. The summed E-state index contributed by atoms with van der Waals surface area (Å²) in [6, 6.07) is 0.488. The average Bonchev–Trinajstić information content (AvgIpc) is 2.95. The van der Waals surface area contributed by atoms with E-state index in [-0.39, 0.29) is 0 Å². The molecule has 2 rings (SSSR count). The summed E-state index contributed by atoms with van der Waals surface area (Å²) < 4.78 is 0. The molecule has 2 fully saturated rings. The zero-order valence-electron chi connectivity index (χ0n) is 13.7. The van der Waals surface area contributed by atoms with Crippen molar-refractivity contribution in [2.24, 2.45) is 11.8 Å². The molecule has 0 amide bonds. The van der Waals surface area contributed by atoms with E-state index in [1.807, 2.05) is 0 Å². The molecule has 0 aromatic carbocycles. The molecule has 1 aliphatic carbocycles. The van der Waals surface area contributed by atoms with Crippen LogP contribution >= 0.6 is 0 Å². The Bertz CT molecular complexity index is 265. The number of rotatable bonds is 7. The van der Waals surface area contributed by atoms with Crippen molar-refractivity contribution in [2.45, 2.75) is 89.6 Å². The number of likely N-dealkylation sites (tertiary alicyclic amines) is 1. The van der Waals surface area contributed by atoms with Gasteiger partial charge in [0.1, 0.15) is 0 Å². The van der Waals surface area contributed by atoms with Gasteiger partial charge in [-0.1, -0.05) is 46.0 Å². The Morgan fingerprint density at radius 2 is 1.65 bits per heavy atom. The van der Waals surface area contributed by atoms with E-state index >= 15 is 0 Å². The van der Waals surface area contributed by atoms with Gasteiger partial charge in [0, 0.05) is 11.6 Å². The summed E-state index contributed by atoms with van der Waals surface area (Å²) in [6.45, 7) is 7.23. The Balaban J connectivity index is 2.00. The van der Waals surface area contributed by atoms with Crippen molar-refractivity contribution in [1.29, 1.82) is 0 Å². The van der Waals surface area contributed by atoms with E-state index in [4.69, 9.17) is 5.84 Å². The van der Waals surface area contributed by atoms with Gasteiger partial charge in [-0.3, -0.25) is 16.2 Å². The monoisotopic (exact) mass is 281 g/mol. The molecular weight excluding hydrogens is 246 g/mol. The number of hydrogen-bond donors (Lipinski definition) is 2. The van der Waals surface area contributed by atoms with Crippen LogP contribution in [-0.4, -0.2) is 29.6 Å².